The van der Waals surface area contributed by atoms with Gasteiger partial charge in [-0.3, -0.25) is 9.48 Å². The Labute approximate surface area is 203 Å². The third-order valence-corrected chi connectivity index (χ3v) is 6.61. The standard InChI is InChI=1S/C24H30N10O/c1-14-17(12-34(31-14)15-8-10-32(3)11-9-15)28-24-21(22(25)35)29-20(23(26-2)30-24)16-6-5-7-18-19(16)27-13-33(18)4/h5-7,12-13,15H,8-11H2,1-4H3,(H2,25,35)(H2,26,28,30). The highest BCUT2D eigenvalue weighted by molar-refractivity contribution is 5.99. The van der Waals surface area contributed by atoms with Crippen LogP contribution in [-0.4, -0.2) is 67.3 Å². The fourth-order valence-electron chi connectivity index (χ4n) is 4.58. The van der Waals surface area contributed by atoms with Gasteiger partial charge in [0.15, 0.2) is 17.3 Å². The van der Waals surface area contributed by atoms with Crippen molar-refractivity contribution in [2.75, 3.05) is 37.8 Å². The number of fused-ring (bicyclic) bond motifs is 1. The summed E-state index contributed by atoms with van der Waals surface area (Å²) in [5, 5.41) is 11.1. The number of likely N-dealkylation sites (tertiary alicyclic amines) is 1. The van der Waals surface area contributed by atoms with E-state index in [0.717, 1.165) is 53.9 Å². The number of nitrogens with two attached hydrogens (primary N) is 1. The molecule has 1 amide bonds. The lowest BCUT2D eigenvalue weighted by molar-refractivity contribution is 0.0996. The number of hydrogen-bond acceptors (Lipinski definition) is 8. The lowest BCUT2D eigenvalue weighted by Crippen LogP contribution is -2.31. The van der Waals surface area contributed by atoms with Crippen molar-refractivity contribution in [2.24, 2.45) is 12.8 Å². The average molecular weight is 475 g/mol. The zero-order chi connectivity index (χ0) is 24.7. The summed E-state index contributed by atoms with van der Waals surface area (Å²) in [5.41, 5.74) is 10.4. The third-order valence-electron chi connectivity index (χ3n) is 6.61. The van der Waals surface area contributed by atoms with Crippen LogP contribution in [-0.2, 0) is 7.05 Å². The summed E-state index contributed by atoms with van der Waals surface area (Å²) in [4.78, 5) is 28.7. The molecule has 3 aromatic heterocycles. The minimum atomic E-state index is -0.669. The molecular formula is C24H30N10O. The summed E-state index contributed by atoms with van der Waals surface area (Å²) in [6, 6.07) is 6.16. The second-order valence-electron chi connectivity index (χ2n) is 9.03. The Morgan fingerprint density at radius 2 is 1.91 bits per heavy atom. The average Bonchev–Trinajstić information content (AvgIpc) is 3.41. The number of piperidine rings is 1. The van der Waals surface area contributed by atoms with Crippen molar-refractivity contribution in [1.29, 1.82) is 0 Å². The van der Waals surface area contributed by atoms with E-state index < -0.39 is 5.91 Å². The van der Waals surface area contributed by atoms with Crippen LogP contribution in [0.2, 0.25) is 0 Å². The molecule has 11 heteroatoms. The quantitative estimate of drug-likeness (QED) is 0.389. The van der Waals surface area contributed by atoms with E-state index in [1.165, 1.54) is 0 Å². The Morgan fingerprint density at radius 1 is 1.14 bits per heavy atom. The van der Waals surface area contributed by atoms with Crippen LogP contribution in [0.5, 0.6) is 0 Å². The molecule has 0 spiro atoms. The molecule has 1 aliphatic heterocycles. The maximum atomic E-state index is 12.4. The molecule has 1 fully saturated rings. The molecule has 4 N–H and O–H groups in total. The molecule has 0 aliphatic carbocycles. The van der Waals surface area contributed by atoms with Crippen LogP contribution in [0.4, 0.5) is 17.3 Å². The maximum Gasteiger partial charge on any atom is 0.271 e. The first-order valence-electron chi connectivity index (χ1n) is 11.7. The number of imidazole rings is 1. The molecule has 5 rings (SSSR count). The van der Waals surface area contributed by atoms with E-state index in [-0.39, 0.29) is 11.5 Å². The highest BCUT2D eigenvalue weighted by Gasteiger charge is 2.23. The van der Waals surface area contributed by atoms with E-state index in [0.29, 0.717) is 17.6 Å². The summed E-state index contributed by atoms with van der Waals surface area (Å²) in [6.45, 7) is 4.01. The van der Waals surface area contributed by atoms with Gasteiger partial charge in [-0.1, -0.05) is 12.1 Å². The predicted molar refractivity (Wildman–Crippen MR) is 136 cm³/mol. The van der Waals surface area contributed by atoms with Crippen LogP contribution < -0.4 is 16.4 Å². The Hall–Kier alpha value is -3.99. The molecule has 0 saturated carbocycles. The van der Waals surface area contributed by atoms with Crippen molar-refractivity contribution in [3.63, 3.8) is 0 Å². The first-order valence-corrected chi connectivity index (χ1v) is 11.7. The van der Waals surface area contributed by atoms with Gasteiger partial charge in [0.05, 0.1) is 34.8 Å². The largest absolute Gasteiger partial charge is 0.371 e. The molecule has 11 nitrogen and oxygen atoms in total. The fraction of sp³-hybridized carbons (Fsp3) is 0.375. The van der Waals surface area contributed by atoms with Crippen LogP contribution in [0.25, 0.3) is 22.3 Å². The first-order chi connectivity index (χ1) is 16.9. The number of anilines is 3. The van der Waals surface area contributed by atoms with Crippen LogP contribution in [0, 0.1) is 6.92 Å². The summed E-state index contributed by atoms with van der Waals surface area (Å²) >= 11 is 0. The number of nitrogens with zero attached hydrogens (tertiary/aromatic N) is 7. The summed E-state index contributed by atoms with van der Waals surface area (Å²) in [7, 11) is 5.84. The van der Waals surface area contributed by atoms with Gasteiger partial charge in [-0.05, 0) is 46.0 Å². The molecule has 1 aromatic carbocycles. The molecular weight excluding hydrogens is 444 g/mol. The lowest BCUT2D eigenvalue weighted by Gasteiger charge is -2.28. The van der Waals surface area contributed by atoms with Crippen LogP contribution >= 0.6 is 0 Å². The number of para-hydroxylation sites is 1. The van der Waals surface area contributed by atoms with E-state index >= 15 is 0 Å². The Balaban J connectivity index is 1.54. The zero-order valence-corrected chi connectivity index (χ0v) is 20.4. The van der Waals surface area contributed by atoms with Gasteiger partial charge in [-0.15, -0.1) is 0 Å². The molecule has 1 aliphatic rings. The number of amides is 1. The SMILES string of the molecule is CNc1nc(Nc2cn(C3CCN(C)CC3)nc2C)c(C(N)=O)nc1-c1cccc2c1ncn2C. The van der Waals surface area contributed by atoms with Crippen molar-refractivity contribution < 1.29 is 4.79 Å². The third kappa shape index (κ3) is 4.18. The number of aromatic nitrogens is 6. The van der Waals surface area contributed by atoms with Crippen molar-refractivity contribution in [1.82, 2.24) is 34.2 Å². The van der Waals surface area contributed by atoms with Crippen molar-refractivity contribution in [3.05, 3.63) is 42.1 Å². The van der Waals surface area contributed by atoms with Crippen LogP contribution in [0.15, 0.2) is 30.7 Å². The Morgan fingerprint density at radius 3 is 2.63 bits per heavy atom. The zero-order valence-electron chi connectivity index (χ0n) is 20.4. The Bertz CT molecular complexity index is 1400. The van der Waals surface area contributed by atoms with Crippen molar-refractivity contribution in [2.45, 2.75) is 25.8 Å². The second-order valence-corrected chi connectivity index (χ2v) is 9.03. The minimum Gasteiger partial charge on any atom is -0.371 e. The highest BCUT2D eigenvalue weighted by atomic mass is 16.1. The molecule has 1 saturated heterocycles. The van der Waals surface area contributed by atoms with Gasteiger partial charge >= 0.3 is 0 Å². The van der Waals surface area contributed by atoms with Gasteiger partial charge in [-0.25, -0.2) is 15.0 Å². The van der Waals surface area contributed by atoms with Gasteiger partial charge in [0.1, 0.15) is 5.69 Å². The summed E-state index contributed by atoms with van der Waals surface area (Å²) < 4.78 is 3.94. The molecule has 182 valence electrons. The number of carbonyl (C=O) groups is 1. The molecule has 0 radical (unpaired) electrons. The number of nitrogens with one attached hydrogen (secondary N) is 2. The molecule has 0 bridgehead atoms. The number of carbonyl (C=O) groups excluding carboxylic acids is 1. The minimum absolute atomic E-state index is 0.0541. The number of aryl methyl sites for hydroxylation is 2. The highest BCUT2D eigenvalue weighted by Crippen LogP contribution is 2.33. The Kier molecular flexibility index (Phi) is 5.85. The van der Waals surface area contributed by atoms with Crippen LogP contribution in [0.3, 0.4) is 0 Å². The molecule has 35 heavy (non-hydrogen) atoms. The topological polar surface area (TPSA) is 132 Å². The number of benzene rings is 1. The van der Waals surface area contributed by atoms with Gasteiger partial charge < -0.3 is 25.8 Å². The van der Waals surface area contributed by atoms with Crippen molar-refractivity contribution >= 4 is 34.3 Å². The summed E-state index contributed by atoms with van der Waals surface area (Å²) in [5.74, 6) is 0.123. The number of hydrogen-bond donors (Lipinski definition) is 3. The van der Waals surface area contributed by atoms with Gasteiger partial charge in [0.25, 0.3) is 5.91 Å². The molecule has 4 heterocycles. The van der Waals surface area contributed by atoms with E-state index in [2.05, 4.69) is 32.5 Å². The molecule has 4 aromatic rings. The van der Waals surface area contributed by atoms with E-state index in [4.69, 9.17) is 15.8 Å². The first kappa shape index (κ1) is 22.8. The predicted octanol–water partition coefficient (Wildman–Crippen LogP) is 2.69. The fourth-order valence-corrected chi connectivity index (χ4v) is 4.58. The molecule has 0 unspecified atom stereocenters. The van der Waals surface area contributed by atoms with Gasteiger partial charge in [-0.2, -0.15) is 5.10 Å². The lowest BCUT2D eigenvalue weighted by atomic mass is 10.1. The monoisotopic (exact) mass is 474 g/mol. The van der Waals surface area contributed by atoms with Gasteiger partial charge in [0.2, 0.25) is 0 Å². The normalized spacial score (nSPS) is 15.0. The summed E-state index contributed by atoms with van der Waals surface area (Å²) in [6.07, 6.45) is 5.80. The second kappa shape index (κ2) is 8.99. The molecule has 0 atom stereocenters. The maximum absolute atomic E-state index is 12.4. The van der Waals surface area contributed by atoms with E-state index in [1.807, 2.05) is 47.6 Å². The van der Waals surface area contributed by atoms with Crippen LogP contribution in [0.1, 0.15) is 35.1 Å². The van der Waals surface area contributed by atoms with Gasteiger partial charge in [0, 0.05) is 25.9 Å². The number of rotatable bonds is 6. The number of primary amides is 1. The smallest absolute Gasteiger partial charge is 0.271 e. The van der Waals surface area contributed by atoms with E-state index in [9.17, 15) is 4.79 Å². The van der Waals surface area contributed by atoms with Crippen molar-refractivity contribution in [3.8, 4) is 11.3 Å². The van der Waals surface area contributed by atoms with E-state index in [1.54, 1.807) is 13.4 Å².